The van der Waals surface area contributed by atoms with Crippen LogP contribution in [0.25, 0.3) is 10.9 Å². The summed E-state index contributed by atoms with van der Waals surface area (Å²) in [6.45, 7) is 10.1. The van der Waals surface area contributed by atoms with Crippen molar-refractivity contribution in [2.75, 3.05) is 6.54 Å². The molecule has 0 spiro atoms. The zero-order valence-corrected chi connectivity index (χ0v) is 11.0. The molecule has 1 aromatic carbocycles. The highest BCUT2D eigenvalue weighted by Gasteiger charge is 2.34. The van der Waals surface area contributed by atoms with E-state index in [1.165, 1.54) is 27.7 Å². The van der Waals surface area contributed by atoms with Crippen LogP contribution in [0.5, 0.6) is 0 Å². The second kappa shape index (κ2) is 3.36. The summed E-state index contributed by atoms with van der Waals surface area (Å²) >= 11 is 0. The van der Waals surface area contributed by atoms with E-state index in [0.29, 0.717) is 6.04 Å². The van der Waals surface area contributed by atoms with Gasteiger partial charge in [-0.05, 0) is 25.0 Å². The Bertz CT molecular complexity index is 578. The van der Waals surface area contributed by atoms with Gasteiger partial charge in [-0.15, -0.1) is 0 Å². The van der Waals surface area contributed by atoms with E-state index in [1.54, 1.807) is 0 Å². The molecule has 1 aliphatic rings. The first kappa shape index (κ1) is 10.8. The molecule has 0 bridgehead atoms. The molecule has 0 fully saturated rings. The largest absolute Gasteiger partial charge is 0.357 e. The van der Waals surface area contributed by atoms with Gasteiger partial charge in [-0.1, -0.05) is 32.0 Å². The zero-order valence-electron chi connectivity index (χ0n) is 11.0. The molecule has 2 aromatic rings. The Kier molecular flexibility index (Phi) is 2.14. The Labute approximate surface area is 102 Å². The molecule has 2 nitrogen and oxygen atoms in total. The zero-order chi connectivity index (χ0) is 12.2. The second-order valence-corrected chi connectivity index (χ2v) is 5.90. The minimum Gasteiger partial charge on any atom is -0.357 e. The summed E-state index contributed by atoms with van der Waals surface area (Å²) in [6.07, 6.45) is 0. The van der Waals surface area contributed by atoms with Crippen LogP contribution in [0.3, 0.4) is 0 Å². The van der Waals surface area contributed by atoms with Crippen molar-refractivity contribution < 1.29 is 0 Å². The van der Waals surface area contributed by atoms with E-state index in [0.717, 1.165) is 6.54 Å². The van der Waals surface area contributed by atoms with Gasteiger partial charge >= 0.3 is 0 Å². The topological polar surface area (TPSA) is 27.8 Å². The average molecular weight is 228 g/mol. The van der Waals surface area contributed by atoms with Crippen LogP contribution in [0.1, 0.15) is 43.6 Å². The number of benzene rings is 1. The number of para-hydroxylation sites is 1. The summed E-state index contributed by atoms with van der Waals surface area (Å²) < 4.78 is 0. The normalized spacial score (nSPS) is 22.7. The predicted molar refractivity (Wildman–Crippen MR) is 72.5 cm³/mol. The lowest BCUT2D eigenvalue weighted by Crippen LogP contribution is -2.40. The van der Waals surface area contributed by atoms with Crippen LogP contribution in [0.15, 0.2) is 18.2 Å². The van der Waals surface area contributed by atoms with E-state index in [1.807, 2.05) is 0 Å². The van der Waals surface area contributed by atoms with E-state index < -0.39 is 0 Å². The maximum Gasteiger partial charge on any atom is 0.0489 e. The van der Waals surface area contributed by atoms with Gasteiger partial charge in [0.25, 0.3) is 0 Å². The second-order valence-electron chi connectivity index (χ2n) is 5.90. The fourth-order valence-electron chi connectivity index (χ4n) is 3.04. The van der Waals surface area contributed by atoms with Gasteiger partial charge in [0.05, 0.1) is 0 Å². The Morgan fingerprint density at radius 3 is 2.82 bits per heavy atom. The van der Waals surface area contributed by atoms with Gasteiger partial charge in [0.15, 0.2) is 0 Å². The molecular formula is C15H20N2. The van der Waals surface area contributed by atoms with Crippen LogP contribution in [-0.2, 0) is 5.41 Å². The lowest BCUT2D eigenvalue weighted by molar-refractivity contribution is 0.394. The molecule has 0 saturated heterocycles. The SMILES string of the molecule is Cc1cccc2c3c([nH]c12)C(C)NCC3(C)C. The molecule has 17 heavy (non-hydrogen) atoms. The molecule has 0 radical (unpaired) electrons. The molecule has 2 heterocycles. The van der Waals surface area contributed by atoms with Gasteiger partial charge in [-0.3, -0.25) is 0 Å². The maximum atomic E-state index is 3.63. The Balaban J connectivity index is 2.40. The number of hydrogen-bond acceptors (Lipinski definition) is 1. The van der Waals surface area contributed by atoms with Crippen LogP contribution in [-0.4, -0.2) is 11.5 Å². The smallest absolute Gasteiger partial charge is 0.0489 e. The van der Waals surface area contributed by atoms with E-state index in [-0.39, 0.29) is 5.41 Å². The summed E-state index contributed by atoms with van der Waals surface area (Å²) in [5.41, 5.74) is 5.71. The number of rotatable bonds is 0. The molecule has 3 rings (SSSR count). The lowest BCUT2D eigenvalue weighted by Gasteiger charge is -2.34. The highest BCUT2D eigenvalue weighted by atomic mass is 15.0. The van der Waals surface area contributed by atoms with Gasteiger partial charge in [-0.25, -0.2) is 0 Å². The molecule has 0 saturated carbocycles. The van der Waals surface area contributed by atoms with Crippen LogP contribution >= 0.6 is 0 Å². The average Bonchev–Trinajstić information content (AvgIpc) is 2.67. The lowest BCUT2D eigenvalue weighted by atomic mass is 9.78. The highest BCUT2D eigenvalue weighted by molar-refractivity contribution is 5.88. The molecule has 1 aromatic heterocycles. The number of fused-ring (bicyclic) bond motifs is 3. The highest BCUT2D eigenvalue weighted by Crippen LogP contribution is 2.39. The number of H-pyrrole nitrogens is 1. The number of aromatic amines is 1. The minimum atomic E-state index is 0.202. The molecule has 2 heteroatoms. The Morgan fingerprint density at radius 1 is 1.29 bits per heavy atom. The van der Waals surface area contributed by atoms with Crippen LogP contribution in [0.4, 0.5) is 0 Å². The third-order valence-electron chi connectivity index (χ3n) is 4.03. The number of hydrogen-bond donors (Lipinski definition) is 2. The van der Waals surface area contributed by atoms with Crippen LogP contribution in [0, 0.1) is 6.92 Å². The minimum absolute atomic E-state index is 0.202. The molecule has 90 valence electrons. The van der Waals surface area contributed by atoms with Crippen molar-refractivity contribution in [2.24, 2.45) is 0 Å². The summed E-state index contributed by atoms with van der Waals surface area (Å²) in [4.78, 5) is 3.63. The Morgan fingerprint density at radius 2 is 2.06 bits per heavy atom. The fraction of sp³-hybridized carbons (Fsp3) is 0.467. The standard InChI is InChI=1S/C15H20N2/c1-9-6-5-7-11-12-14(17-13(9)11)10(2)16-8-15(12,3)4/h5-7,10,16-17H,8H2,1-4H3. The summed E-state index contributed by atoms with van der Waals surface area (Å²) in [5.74, 6) is 0. The molecule has 0 aliphatic carbocycles. The van der Waals surface area contributed by atoms with E-state index in [2.05, 4.69) is 56.2 Å². The molecule has 1 aliphatic heterocycles. The van der Waals surface area contributed by atoms with E-state index in [9.17, 15) is 0 Å². The molecule has 1 unspecified atom stereocenters. The van der Waals surface area contributed by atoms with Crippen molar-refractivity contribution >= 4 is 10.9 Å². The number of nitrogens with one attached hydrogen (secondary N) is 2. The first-order valence-corrected chi connectivity index (χ1v) is 6.36. The third kappa shape index (κ3) is 1.44. The van der Waals surface area contributed by atoms with Gasteiger partial charge in [0, 0.05) is 34.6 Å². The predicted octanol–water partition coefficient (Wildman–Crippen LogP) is 3.42. The van der Waals surface area contributed by atoms with Crippen molar-refractivity contribution in [2.45, 2.75) is 39.2 Å². The summed E-state index contributed by atoms with van der Waals surface area (Å²) in [5, 5.41) is 4.98. The number of aryl methyl sites for hydroxylation is 1. The quantitative estimate of drug-likeness (QED) is 0.710. The molecule has 2 N–H and O–H groups in total. The van der Waals surface area contributed by atoms with E-state index >= 15 is 0 Å². The van der Waals surface area contributed by atoms with Crippen molar-refractivity contribution in [1.29, 1.82) is 0 Å². The van der Waals surface area contributed by atoms with Gasteiger partial charge in [0.1, 0.15) is 0 Å². The fourth-order valence-corrected chi connectivity index (χ4v) is 3.04. The molecule has 0 amide bonds. The summed E-state index contributed by atoms with van der Waals surface area (Å²) in [6, 6.07) is 7.01. The first-order chi connectivity index (χ1) is 8.00. The van der Waals surface area contributed by atoms with Crippen molar-refractivity contribution in [1.82, 2.24) is 10.3 Å². The van der Waals surface area contributed by atoms with Crippen LogP contribution < -0.4 is 5.32 Å². The van der Waals surface area contributed by atoms with Gasteiger partial charge in [-0.2, -0.15) is 0 Å². The number of aromatic nitrogens is 1. The summed E-state index contributed by atoms with van der Waals surface area (Å²) in [7, 11) is 0. The molecule has 1 atom stereocenters. The maximum absolute atomic E-state index is 3.63. The van der Waals surface area contributed by atoms with Crippen molar-refractivity contribution in [3.63, 3.8) is 0 Å². The third-order valence-corrected chi connectivity index (χ3v) is 4.03. The van der Waals surface area contributed by atoms with Crippen molar-refractivity contribution in [3.8, 4) is 0 Å². The van der Waals surface area contributed by atoms with Gasteiger partial charge in [0.2, 0.25) is 0 Å². The van der Waals surface area contributed by atoms with Crippen LogP contribution in [0.2, 0.25) is 0 Å². The first-order valence-electron chi connectivity index (χ1n) is 6.36. The Hall–Kier alpha value is -1.28. The molecular weight excluding hydrogens is 208 g/mol. The van der Waals surface area contributed by atoms with Gasteiger partial charge < -0.3 is 10.3 Å². The monoisotopic (exact) mass is 228 g/mol. The van der Waals surface area contributed by atoms with E-state index in [4.69, 9.17) is 0 Å². The van der Waals surface area contributed by atoms with Crippen molar-refractivity contribution in [3.05, 3.63) is 35.0 Å².